The molecular weight excluding hydrogens is 256 g/mol. The SMILES string of the molecule is CO[C@H]1C(CO)OC(n2cc(C)c(=O)[nH]c2=O)C1O. The Hall–Kier alpha value is -1.48. The molecule has 0 bridgehead atoms. The molecule has 0 amide bonds. The average Bonchev–Trinajstić information content (AvgIpc) is 2.70. The molecule has 1 aliphatic rings. The van der Waals surface area contributed by atoms with E-state index in [1.807, 2.05) is 0 Å². The van der Waals surface area contributed by atoms with Crippen LogP contribution in [0.3, 0.4) is 0 Å². The number of rotatable bonds is 3. The molecule has 106 valence electrons. The first-order valence-corrected chi connectivity index (χ1v) is 5.78. The molecule has 0 radical (unpaired) electrons. The van der Waals surface area contributed by atoms with Gasteiger partial charge >= 0.3 is 5.69 Å². The maximum Gasteiger partial charge on any atom is 0.330 e. The molecule has 0 aliphatic carbocycles. The van der Waals surface area contributed by atoms with E-state index in [1.54, 1.807) is 0 Å². The van der Waals surface area contributed by atoms with Gasteiger partial charge in [-0.3, -0.25) is 14.3 Å². The molecule has 1 aliphatic heterocycles. The van der Waals surface area contributed by atoms with Crippen molar-refractivity contribution in [2.45, 2.75) is 31.5 Å². The quantitative estimate of drug-likeness (QED) is 0.593. The van der Waals surface area contributed by atoms with E-state index in [9.17, 15) is 14.7 Å². The van der Waals surface area contributed by atoms with Crippen molar-refractivity contribution >= 4 is 0 Å². The molecule has 0 aromatic carbocycles. The molecular formula is C11H16N2O6. The fourth-order valence-corrected chi connectivity index (χ4v) is 2.16. The fourth-order valence-electron chi connectivity index (χ4n) is 2.16. The van der Waals surface area contributed by atoms with E-state index in [4.69, 9.17) is 14.6 Å². The van der Waals surface area contributed by atoms with Crippen molar-refractivity contribution in [2.24, 2.45) is 0 Å². The molecule has 3 N–H and O–H groups in total. The maximum absolute atomic E-state index is 11.7. The van der Waals surface area contributed by atoms with E-state index in [-0.39, 0.29) is 6.61 Å². The second-order valence-corrected chi connectivity index (χ2v) is 4.42. The van der Waals surface area contributed by atoms with Gasteiger partial charge in [0.25, 0.3) is 5.56 Å². The van der Waals surface area contributed by atoms with Crippen LogP contribution in [0, 0.1) is 6.92 Å². The summed E-state index contributed by atoms with van der Waals surface area (Å²) < 4.78 is 11.5. The smallest absolute Gasteiger partial charge is 0.330 e. The number of aryl methyl sites for hydroxylation is 1. The van der Waals surface area contributed by atoms with Crippen molar-refractivity contribution < 1.29 is 19.7 Å². The van der Waals surface area contributed by atoms with Crippen LogP contribution in [0.25, 0.3) is 0 Å². The van der Waals surface area contributed by atoms with Gasteiger partial charge in [-0.25, -0.2) is 4.79 Å². The highest BCUT2D eigenvalue weighted by Crippen LogP contribution is 2.29. The van der Waals surface area contributed by atoms with Gasteiger partial charge in [0, 0.05) is 18.9 Å². The zero-order chi connectivity index (χ0) is 14.2. The molecule has 8 nitrogen and oxygen atoms in total. The Balaban J connectivity index is 2.41. The fraction of sp³-hybridized carbons (Fsp3) is 0.636. The second-order valence-electron chi connectivity index (χ2n) is 4.42. The van der Waals surface area contributed by atoms with Crippen molar-refractivity contribution in [3.63, 3.8) is 0 Å². The highest BCUT2D eigenvalue weighted by Gasteiger charge is 2.45. The molecule has 0 spiro atoms. The van der Waals surface area contributed by atoms with Gasteiger partial charge in [0.1, 0.15) is 18.3 Å². The molecule has 1 saturated heterocycles. The Bertz CT molecular complexity index is 565. The van der Waals surface area contributed by atoms with Gasteiger partial charge < -0.3 is 19.7 Å². The first-order valence-electron chi connectivity index (χ1n) is 5.78. The average molecular weight is 272 g/mol. The van der Waals surface area contributed by atoms with Gasteiger partial charge in [-0.15, -0.1) is 0 Å². The number of hydrogen-bond donors (Lipinski definition) is 3. The Labute approximate surface area is 108 Å². The number of nitrogens with one attached hydrogen (secondary N) is 1. The lowest BCUT2D eigenvalue weighted by Gasteiger charge is -2.18. The first kappa shape index (κ1) is 13.9. The summed E-state index contributed by atoms with van der Waals surface area (Å²) in [5.74, 6) is 0. The molecule has 2 rings (SSSR count). The summed E-state index contributed by atoms with van der Waals surface area (Å²) in [7, 11) is 1.38. The van der Waals surface area contributed by atoms with Gasteiger partial charge in [-0.05, 0) is 6.92 Å². The summed E-state index contributed by atoms with van der Waals surface area (Å²) in [6.45, 7) is 1.19. The van der Waals surface area contributed by atoms with Crippen molar-refractivity contribution in [2.75, 3.05) is 13.7 Å². The number of aliphatic hydroxyl groups excluding tert-OH is 2. The summed E-state index contributed by atoms with van der Waals surface area (Å²) in [6.07, 6.45) is -2.30. The van der Waals surface area contributed by atoms with Crippen LogP contribution in [0.15, 0.2) is 15.8 Å². The largest absolute Gasteiger partial charge is 0.394 e. The van der Waals surface area contributed by atoms with Crippen LogP contribution >= 0.6 is 0 Å². The summed E-state index contributed by atoms with van der Waals surface area (Å²) in [5.41, 5.74) is -0.861. The highest BCUT2D eigenvalue weighted by atomic mass is 16.6. The number of aromatic amines is 1. The molecule has 1 aromatic rings. The summed E-state index contributed by atoms with van der Waals surface area (Å²) >= 11 is 0. The van der Waals surface area contributed by atoms with Crippen LogP contribution in [0.5, 0.6) is 0 Å². The van der Waals surface area contributed by atoms with Crippen LogP contribution in [0.1, 0.15) is 11.8 Å². The third-order valence-corrected chi connectivity index (χ3v) is 3.18. The zero-order valence-electron chi connectivity index (χ0n) is 10.6. The Morgan fingerprint density at radius 3 is 2.74 bits per heavy atom. The number of ether oxygens (including phenoxy) is 2. The molecule has 1 aromatic heterocycles. The predicted molar refractivity (Wildman–Crippen MR) is 63.9 cm³/mol. The van der Waals surface area contributed by atoms with Crippen LogP contribution < -0.4 is 11.2 Å². The number of nitrogens with zero attached hydrogens (tertiary/aromatic N) is 1. The lowest BCUT2D eigenvalue weighted by atomic mass is 10.1. The minimum absolute atomic E-state index is 0.316. The first-order chi connectivity index (χ1) is 8.99. The van der Waals surface area contributed by atoms with E-state index in [2.05, 4.69) is 4.98 Å². The van der Waals surface area contributed by atoms with Crippen LogP contribution in [-0.4, -0.2) is 51.8 Å². The molecule has 1 fully saturated rings. The Morgan fingerprint density at radius 2 is 2.21 bits per heavy atom. The maximum atomic E-state index is 11.7. The van der Waals surface area contributed by atoms with E-state index in [0.717, 1.165) is 4.57 Å². The number of H-pyrrole nitrogens is 1. The lowest BCUT2D eigenvalue weighted by molar-refractivity contribution is -0.0569. The normalized spacial score (nSPS) is 30.7. The van der Waals surface area contributed by atoms with Crippen LogP contribution in [0.4, 0.5) is 0 Å². The third kappa shape index (κ3) is 2.35. The summed E-state index contributed by atoms with van der Waals surface area (Å²) in [4.78, 5) is 25.1. The number of aromatic nitrogens is 2. The molecule has 8 heteroatoms. The minimum atomic E-state index is -1.12. The van der Waals surface area contributed by atoms with Crippen molar-refractivity contribution in [1.29, 1.82) is 0 Å². The van der Waals surface area contributed by atoms with Crippen molar-refractivity contribution in [1.82, 2.24) is 9.55 Å². The van der Waals surface area contributed by atoms with Gasteiger partial charge in [0.15, 0.2) is 6.23 Å². The van der Waals surface area contributed by atoms with Gasteiger partial charge in [-0.1, -0.05) is 0 Å². The molecule has 3 unspecified atom stereocenters. The molecule has 0 saturated carbocycles. The topological polar surface area (TPSA) is 114 Å². The zero-order valence-corrected chi connectivity index (χ0v) is 10.6. The van der Waals surface area contributed by atoms with E-state index < -0.39 is 35.8 Å². The second kappa shape index (κ2) is 5.25. The van der Waals surface area contributed by atoms with Gasteiger partial charge in [0.05, 0.1) is 6.61 Å². The number of hydrogen-bond acceptors (Lipinski definition) is 6. The van der Waals surface area contributed by atoms with Crippen molar-refractivity contribution in [3.05, 3.63) is 32.6 Å². The van der Waals surface area contributed by atoms with Crippen molar-refractivity contribution in [3.8, 4) is 0 Å². The molecule has 2 heterocycles. The monoisotopic (exact) mass is 272 g/mol. The van der Waals surface area contributed by atoms with E-state index >= 15 is 0 Å². The minimum Gasteiger partial charge on any atom is -0.394 e. The Morgan fingerprint density at radius 1 is 1.53 bits per heavy atom. The van der Waals surface area contributed by atoms with Crippen LogP contribution in [-0.2, 0) is 9.47 Å². The highest BCUT2D eigenvalue weighted by molar-refractivity contribution is 5.03. The summed E-state index contributed by atoms with van der Waals surface area (Å²) in [6, 6.07) is 0. The standard InChI is InChI=1S/C11H16N2O6/c1-5-3-13(11(17)12-9(5)16)10-7(15)8(18-2)6(4-14)19-10/h3,6-8,10,14-15H,4H2,1-2H3,(H,12,16,17)/t6?,7?,8-,10?/m0/s1. The summed E-state index contributed by atoms with van der Waals surface area (Å²) in [5, 5.41) is 19.2. The van der Waals surface area contributed by atoms with Gasteiger partial charge in [-0.2, -0.15) is 0 Å². The number of methoxy groups -OCH3 is 1. The Kier molecular flexibility index (Phi) is 3.85. The lowest BCUT2D eigenvalue weighted by Crippen LogP contribution is -2.39. The van der Waals surface area contributed by atoms with E-state index in [0.29, 0.717) is 5.56 Å². The molecule has 4 atom stereocenters. The third-order valence-electron chi connectivity index (χ3n) is 3.18. The van der Waals surface area contributed by atoms with Gasteiger partial charge in [0.2, 0.25) is 0 Å². The molecule has 19 heavy (non-hydrogen) atoms. The van der Waals surface area contributed by atoms with Crippen LogP contribution in [0.2, 0.25) is 0 Å². The van der Waals surface area contributed by atoms with E-state index in [1.165, 1.54) is 20.2 Å². The number of aliphatic hydroxyl groups is 2. The predicted octanol–water partition coefficient (Wildman–Crippen LogP) is -1.89.